The van der Waals surface area contributed by atoms with Crippen molar-refractivity contribution >= 4 is 40.5 Å². The van der Waals surface area contributed by atoms with Crippen LogP contribution in [0.2, 0.25) is 10.4 Å². The van der Waals surface area contributed by atoms with Gasteiger partial charge in [0.05, 0.1) is 5.39 Å². The van der Waals surface area contributed by atoms with Crippen LogP contribution < -0.4 is 0 Å². The molecule has 0 saturated carbocycles. The molecular weight excluding hydrogens is 215 g/mol. The van der Waals surface area contributed by atoms with Gasteiger partial charge in [0.15, 0.2) is 11.9 Å². The first kappa shape index (κ1) is 8.40. The van der Waals surface area contributed by atoms with Gasteiger partial charge in [0, 0.05) is 0 Å². The molecule has 1 N–H and O–H groups in total. The molecule has 2 heterocycles. The van der Waals surface area contributed by atoms with E-state index in [1.165, 1.54) is 0 Å². The first-order chi connectivity index (χ1) is 6.22. The van der Waals surface area contributed by atoms with Crippen LogP contribution in [0.5, 0.6) is 0 Å². The molecule has 0 aromatic carbocycles. The summed E-state index contributed by atoms with van der Waals surface area (Å²) < 4.78 is 0. The molecule has 7 heteroatoms. The van der Waals surface area contributed by atoms with Gasteiger partial charge in [-0.3, -0.25) is 9.89 Å². The van der Waals surface area contributed by atoms with E-state index in [1.807, 2.05) is 0 Å². The lowest BCUT2D eigenvalue weighted by molar-refractivity contribution is 0.112. The highest BCUT2D eigenvalue weighted by Gasteiger charge is 2.11. The molecule has 0 aliphatic heterocycles. The Kier molecular flexibility index (Phi) is 1.90. The number of nitrogens with zero attached hydrogens (tertiary/aromatic N) is 3. The summed E-state index contributed by atoms with van der Waals surface area (Å²) in [6.07, 6.45) is 0.596. The maximum Gasteiger partial charge on any atom is 0.225 e. The lowest BCUT2D eigenvalue weighted by Gasteiger charge is -1.92. The number of H-pyrrole nitrogens is 1. The fraction of sp³-hybridized carbons (Fsp3) is 0. The van der Waals surface area contributed by atoms with Gasteiger partial charge in [0.1, 0.15) is 10.8 Å². The van der Waals surface area contributed by atoms with Crippen LogP contribution in [0, 0.1) is 0 Å². The summed E-state index contributed by atoms with van der Waals surface area (Å²) in [6.45, 7) is 0. The smallest absolute Gasteiger partial charge is 0.225 e. The van der Waals surface area contributed by atoms with Crippen molar-refractivity contribution in [2.24, 2.45) is 0 Å². The Morgan fingerprint density at radius 2 is 2.08 bits per heavy atom. The third-order valence-corrected chi connectivity index (χ3v) is 1.93. The summed E-state index contributed by atoms with van der Waals surface area (Å²) >= 11 is 11.3. The number of aldehydes is 1. The third-order valence-electron chi connectivity index (χ3n) is 1.49. The average molecular weight is 217 g/mol. The second-order valence-electron chi connectivity index (χ2n) is 2.24. The summed E-state index contributed by atoms with van der Waals surface area (Å²) in [5.41, 5.74) is 0.531. The number of fused-ring (bicyclic) bond motifs is 1. The van der Waals surface area contributed by atoms with Crippen LogP contribution in [0.1, 0.15) is 10.5 Å². The third kappa shape index (κ3) is 1.26. The normalized spacial score (nSPS) is 10.6. The zero-order valence-corrected chi connectivity index (χ0v) is 7.60. The fourth-order valence-electron chi connectivity index (χ4n) is 0.964. The summed E-state index contributed by atoms with van der Waals surface area (Å²) in [5, 5.41) is 6.71. The van der Waals surface area contributed by atoms with E-state index in [-0.39, 0.29) is 21.8 Å². The van der Waals surface area contributed by atoms with Gasteiger partial charge >= 0.3 is 0 Å². The topological polar surface area (TPSA) is 71.5 Å². The van der Waals surface area contributed by atoms with E-state index in [2.05, 4.69) is 20.2 Å². The fourth-order valence-corrected chi connectivity index (χ4v) is 1.44. The Morgan fingerprint density at radius 3 is 2.77 bits per heavy atom. The number of rotatable bonds is 1. The van der Waals surface area contributed by atoms with E-state index < -0.39 is 0 Å². The molecule has 0 radical (unpaired) electrons. The Balaban J connectivity index is 2.89. The highest BCUT2D eigenvalue weighted by molar-refractivity contribution is 6.36. The highest BCUT2D eigenvalue weighted by Crippen LogP contribution is 2.22. The van der Waals surface area contributed by atoms with E-state index >= 15 is 0 Å². The molecule has 2 rings (SSSR count). The SMILES string of the molecule is O=Cc1[nH]nc2nc(Cl)nc(Cl)c12. The summed E-state index contributed by atoms with van der Waals surface area (Å²) in [5.74, 6) is 0. The number of carbonyl (C=O) groups excluding carboxylic acids is 1. The number of carbonyl (C=O) groups is 1. The Labute approximate surface area is 82.1 Å². The van der Waals surface area contributed by atoms with Crippen molar-refractivity contribution in [2.45, 2.75) is 0 Å². The molecular formula is C6H2Cl2N4O. The predicted molar refractivity (Wildman–Crippen MR) is 47.1 cm³/mol. The molecule has 0 bridgehead atoms. The van der Waals surface area contributed by atoms with E-state index in [9.17, 15) is 4.79 Å². The van der Waals surface area contributed by atoms with Gasteiger partial charge in [0.2, 0.25) is 5.28 Å². The first-order valence-electron chi connectivity index (χ1n) is 3.24. The Morgan fingerprint density at radius 1 is 1.31 bits per heavy atom. The van der Waals surface area contributed by atoms with Gasteiger partial charge in [-0.25, -0.2) is 4.98 Å². The second kappa shape index (κ2) is 2.93. The zero-order valence-electron chi connectivity index (χ0n) is 6.08. The van der Waals surface area contributed by atoms with Gasteiger partial charge in [-0.15, -0.1) is 0 Å². The van der Waals surface area contributed by atoms with E-state index in [0.717, 1.165) is 0 Å². The number of halogens is 2. The van der Waals surface area contributed by atoms with Gasteiger partial charge in [-0.1, -0.05) is 11.6 Å². The molecule has 0 aliphatic rings. The van der Waals surface area contributed by atoms with Gasteiger partial charge < -0.3 is 0 Å². The molecule has 0 aliphatic carbocycles. The number of nitrogens with one attached hydrogen (secondary N) is 1. The van der Waals surface area contributed by atoms with Gasteiger partial charge in [-0.2, -0.15) is 10.1 Å². The quantitative estimate of drug-likeness (QED) is 0.446. The molecule has 13 heavy (non-hydrogen) atoms. The molecule has 0 unspecified atom stereocenters. The summed E-state index contributed by atoms with van der Waals surface area (Å²) in [4.78, 5) is 18.0. The average Bonchev–Trinajstić information content (AvgIpc) is 2.47. The molecule has 0 fully saturated rings. The second-order valence-corrected chi connectivity index (χ2v) is 2.93. The van der Waals surface area contributed by atoms with Crippen LogP contribution in [0.15, 0.2) is 0 Å². The molecule has 2 aromatic rings. The predicted octanol–water partition coefficient (Wildman–Crippen LogP) is 1.47. The van der Waals surface area contributed by atoms with Crippen LogP contribution in [0.3, 0.4) is 0 Å². The van der Waals surface area contributed by atoms with Crippen LogP contribution in [0.25, 0.3) is 11.0 Å². The molecule has 5 nitrogen and oxygen atoms in total. The minimum absolute atomic E-state index is 0.00134. The van der Waals surface area contributed by atoms with Crippen molar-refractivity contribution < 1.29 is 4.79 Å². The van der Waals surface area contributed by atoms with Crippen molar-refractivity contribution in [2.75, 3.05) is 0 Å². The molecule has 0 saturated heterocycles. The van der Waals surface area contributed by atoms with Crippen LogP contribution >= 0.6 is 23.2 Å². The van der Waals surface area contributed by atoms with Gasteiger partial charge in [0.25, 0.3) is 0 Å². The Hall–Kier alpha value is -1.20. The summed E-state index contributed by atoms with van der Waals surface area (Å²) in [7, 11) is 0. The lowest BCUT2D eigenvalue weighted by Crippen LogP contribution is -1.86. The van der Waals surface area contributed by atoms with E-state index in [4.69, 9.17) is 23.2 Å². The lowest BCUT2D eigenvalue weighted by atomic mass is 10.3. The first-order valence-corrected chi connectivity index (χ1v) is 4.00. The standard InChI is InChI=1S/C6H2Cl2N4O/c7-4-3-2(1-13)11-12-5(3)10-6(8)9-4/h1H,(H,9,10,11,12). The maximum absolute atomic E-state index is 10.5. The van der Waals surface area contributed by atoms with Crippen LogP contribution in [-0.2, 0) is 0 Å². The number of aromatic nitrogens is 4. The van der Waals surface area contributed by atoms with Gasteiger partial charge in [-0.05, 0) is 11.6 Å². The largest absolute Gasteiger partial charge is 0.296 e. The summed E-state index contributed by atoms with van der Waals surface area (Å²) in [6, 6.07) is 0. The zero-order chi connectivity index (χ0) is 9.42. The minimum Gasteiger partial charge on any atom is -0.296 e. The van der Waals surface area contributed by atoms with Crippen molar-refractivity contribution in [3.05, 3.63) is 16.1 Å². The molecule has 0 amide bonds. The monoisotopic (exact) mass is 216 g/mol. The molecule has 66 valence electrons. The maximum atomic E-state index is 10.5. The number of aromatic amines is 1. The van der Waals surface area contributed by atoms with Crippen LogP contribution in [0.4, 0.5) is 0 Å². The van der Waals surface area contributed by atoms with Crippen molar-refractivity contribution in [1.29, 1.82) is 0 Å². The van der Waals surface area contributed by atoms with Crippen LogP contribution in [-0.4, -0.2) is 26.5 Å². The van der Waals surface area contributed by atoms with Crippen molar-refractivity contribution in [1.82, 2.24) is 20.2 Å². The minimum atomic E-state index is 0.00134. The number of hydrogen-bond donors (Lipinski definition) is 1. The number of hydrogen-bond acceptors (Lipinski definition) is 4. The highest BCUT2D eigenvalue weighted by atomic mass is 35.5. The molecule has 2 aromatic heterocycles. The molecule has 0 atom stereocenters. The van der Waals surface area contributed by atoms with Crippen molar-refractivity contribution in [3.8, 4) is 0 Å². The van der Waals surface area contributed by atoms with E-state index in [1.54, 1.807) is 0 Å². The Bertz CT molecular complexity index is 481. The van der Waals surface area contributed by atoms with Crippen molar-refractivity contribution in [3.63, 3.8) is 0 Å². The van der Waals surface area contributed by atoms with E-state index in [0.29, 0.717) is 11.7 Å². The molecule has 0 spiro atoms.